The first-order valence-corrected chi connectivity index (χ1v) is 3.33. The molecule has 0 amide bonds. The van der Waals surface area contributed by atoms with Crippen molar-refractivity contribution < 1.29 is 15.0 Å². The van der Waals surface area contributed by atoms with Crippen LogP contribution >= 0.6 is 0 Å². The van der Waals surface area contributed by atoms with Gasteiger partial charge in [-0.2, -0.15) is 0 Å². The van der Waals surface area contributed by atoms with Gasteiger partial charge in [0.2, 0.25) is 0 Å². The van der Waals surface area contributed by atoms with Gasteiger partial charge < -0.3 is 15.9 Å². The molecule has 3 N–H and O–H groups in total. The topological polar surface area (TPSA) is 86.4 Å². The maximum absolute atomic E-state index is 11.1. The Hall–Kier alpha value is -1.71. The molecule has 0 heterocycles. The lowest BCUT2D eigenvalue weighted by Gasteiger charge is -2.14. The molecule has 0 aliphatic heterocycles. The van der Waals surface area contributed by atoms with E-state index in [1.54, 1.807) is 6.92 Å². The quantitative estimate of drug-likeness (QED) is 0.589. The van der Waals surface area contributed by atoms with E-state index < -0.39 is 11.7 Å². The zero-order valence-electron chi connectivity index (χ0n) is 6.50. The number of aryl methyl sites for hydroxylation is 1. The van der Waals surface area contributed by atoms with E-state index in [-0.39, 0.29) is 11.3 Å². The summed E-state index contributed by atoms with van der Waals surface area (Å²) in [4.78, 5) is 10.5. The number of nitrogens with two attached hydrogens (primary N) is 1. The largest absolute Gasteiger partial charge is 0.871 e. The lowest BCUT2D eigenvalue weighted by molar-refractivity contribution is -0.267. The summed E-state index contributed by atoms with van der Waals surface area (Å²) in [6.45, 7) is 1.59. The lowest BCUT2D eigenvalue weighted by atomic mass is 10.1. The monoisotopic (exact) mass is 166 g/mol. The minimum Gasteiger partial charge on any atom is -0.871 e. The van der Waals surface area contributed by atoms with Crippen LogP contribution in [0.4, 0.5) is 5.69 Å². The van der Waals surface area contributed by atoms with E-state index in [0.717, 1.165) is 0 Å². The average molecular weight is 166 g/mol. The smallest absolute Gasteiger partial charge is 0.337 e. The molecule has 4 heteroatoms. The van der Waals surface area contributed by atoms with Gasteiger partial charge in [0.15, 0.2) is 0 Å². The van der Waals surface area contributed by atoms with E-state index in [1.807, 2.05) is 0 Å². The number of hydrogen-bond donors (Lipinski definition) is 2. The van der Waals surface area contributed by atoms with Crippen LogP contribution in [0, 0.1) is 6.92 Å². The molecule has 0 atom stereocenters. The van der Waals surface area contributed by atoms with Gasteiger partial charge in [0.1, 0.15) is 0 Å². The van der Waals surface area contributed by atoms with E-state index in [0.29, 0.717) is 5.56 Å². The molecule has 0 radical (unpaired) electrons. The van der Waals surface area contributed by atoms with Gasteiger partial charge in [0.25, 0.3) is 0 Å². The molecule has 0 aliphatic carbocycles. The summed E-state index contributed by atoms with van der Waals surface area (Å²) in [5, 5.41) is 19.7. The van der Waals surface area contributed by atoms with Crippen molar-refractivity contribution in [1.29, 1.82) is 0 Å². The Balaban J connectivity index is 3.36. The van der Waals surface area contributed by atoms with Gasteiger partial charge in [0, 0.05) is 5.69 Å². The SMILES string of the molecule is Cc1ccc(C(=O)O)c(N)c1[O-]. The number of rotatable bonds is 1. The van der Waals surface area contributed by atoms with E-state index >= 15 is 0 Å². The van der Waals surface area contributed by atoms with Gasteiger partial charge >= 0.3 is 5.97 Å². The highest BCUT2D eigenvalue weighted by Crippen LogP contribution is 2.24. The van der Waals surface area contributed by atoms with Crippen molar-refractivity contribution >= 4 is 11.7 Å². The van der Waals surface area contributed by atoms with Gasteiger partial charge in [-0.05, 0) is 13.0 Å². The van der Waals surface area contributed by atoms with Gasteiger partial charge in [-0.15, -0.1) is 0 Å². The molecule has 0 aromatic heterocycles. The number of aromatic carboxylic acids is 1. The first-order valence-electron chi connectivity index (χ1n) is 3.33. The third kappa shape index (κ3) is 1.18. The van der Waals surface area contributed by atoms with E-state index in [4.69, 9.17) is 10.8 Å². The van der Waals surface area contributed by atoms with Crippen molar-refractivity contribution in [2.45, 2.75) is 6.92 Å². The van der Waals surface area contributed by atoms with Crippen LogP contribution in [-0.2, 0) is 0 Å². The molecule has 1 aromatic rings. The second-order valence-corrected chi connectivity index (χ2v) is 2.48. The molecule has 0 bridgehead atoms. The molecule has 1 rings (SSSR count). The summed E-state index contributed by atoms with van der Waals surface area (Å²) in [6, 6.07) is 2.77. The second-order valence-electron chi connectivity index (χ2n) is 2.48. The Kier molecular flexibility index (Phi) is 1.91. The lowest BCUT2D eigenvalue weighted by Crippen LogP contribution is -2.07. The van der Waals surface area contributed by atoms with Crippen molar-refractivity contribution in [2.24, 2.45) is 0 Å². The molecule has 0 aliphatic rings. The third-order valence-corrected chi connectivity index (χ3v) is 1.62. The van der Waals surface area contributed by atoms with Crippen molar-refractivity contribution in [1.82, 2.24) is 0 Å². The van der Waals surface area contributed by atoms with Crippen LogP contribution in [0.25, 0.3) is 0 Å². The Morgan fingerprint density at radius 1 is 1.58 bits per heavy atom. The molecule has 0 spiro atoms. The fourth-order valence-corrected chi connectivity index (χ4v) is 0.895. The standard InChI is InChI=1S/C8H9NO3/c1-4-2-3-5(8(11)12)6(9)7(4)10/h2-3,10H,9H2,1H3,(H,11,12)/p-1. The number of carboxylic acid groups (broad SMARTS) is 1. The van der Waals surface area contributed by atoms with Crippen molar-refractivity contribution in [3.8, 4) is 5.75 Å². The summed E-state index contributed by atoms with van der Waals surface area (Å²) in [7, 11) is 0. The molecule has 1 aromatic carbocycles. The van der Waals surface area contributed by atoms with E-state index in [9.17, 15) is 9.90 Å². The average Bonchev–Trinajstić information content (AvgIpc) is 2.00. The van der Waals surface area contributed by atoms with Gasteiger partial charge in [0.05, 0.1) is 5.56 Å². The van der Waals surface area contributed by atoms with Crippen LogP contribution < -0.4 is 10.8 Å². The molecule has 0 saturated carbocycles. The fourth-order valence-electron chi connectivity index (χ4n) is 0.895. The Labute approximate surface area is 69.3 Å². The number of nitrogen functional groups attached to an aromatic ring is 1. The number of benzene rings is 1. The highest BCUT2D eigenvalue weighted by atomic mass is 16.4. The van der Waals surface area contributed by atoms with Gasteiger partial charge in [-0.1, -0.05) is 17.4 Å². The number of carboxylic acids is 1. The van der Waals surface area contributed by atoms with Gasteiger partial charge in [-0.3, -0.25) is 0 Å². The maximum atomic E-state index is 11.1. The minimum atomic E-state index is -1.18. The normalized spacial score (nSPS) is 9.75. The molecule has 4 nitrogen and oxygen atoms in total. The summed E-state index contributed by atoms with van der Waals surface area (Å²) in [5.74, 6) is -1.58. The summed E-state index contributed by atoms with van der Waals surface area (Å²) in [6.07, 6.45) is 0. The van der Waals surface area contributed by atoms with E-state index in [2.05, 4.69) is 0 Å². The summed E-state index contributed by atoms with van der Waals surface area (Å²) < 4.78 is 0. The van der Waals surface area contributed by atoms with Crippen LogP contribution in [0.1, 0.15) is 15.9 Å². The van der Waals surface area contributed by atoms with E-state index in [1.165, 1.54) is 12.1 Å². The molecule has 0 unspecified atom stereocenters. The first kappa shape index (κ1) is 8.39. The molecule has 12 heavy (non-hydrogen) atoms. The number of anilines is 1. The highest BCUT2D eigenvalue weighted by Gasteiger charge is 2.07. The summed E-state index contributed by atoms with van der Waals surface area (Å²) >= 11 is 0. The minimum absolute atomic E-state index is 0.134. The zero-order chi connectivity index (χ0) is 9.30. The Bertz CT molecular complexity index is 333. The molecular formula is C8H8NO3-. The Morgan fingerprint density at radius 2 is 2.17 bits per heavy atom. The van der Waals surface area contributed by atoms with Crippen molar-refractivity contribution in [2.75, 3.05) is 5.73 Å². The molecule has 0 fully saturated rings. The van der Waals surface area contributed by atoms with Gasteiger partial charge in [-0.25, -0.2) is 4.79 Å². The van der Waals surface area contributed by atoms with Crippen LogP contribution in [0.15, 0.2) is 12.1 Å². The Morgan fingerprint density at radius 3 is 2.67 bits per heavy atom. The van der Waals surface area contributed by atoms with Crippen LogP contribution in [-0.4, -0.2) is 11.1 Å². The highest BCUT2D eigenvalue weighted by molar-refractivity contribution is 5.95. The zero-order valence-corrected chi connectivity index (χ0v) is 6.50. The van der Waals surface area contributed by atoms with Crippen molar-refractivity contribution in [3.63, 3.8) is 0 Å². The van der Waals surface area contributed by atoms with Crippen LogP contribution in [0.3, 0.4) is 0 Å². The van der Waals surface area contributed by atoms with Crippen LogP contribution in [0.5, 0.6) is 5.75 Å². The maximum Gasteiger partial charge on any atom is 0.337 e. The first-order chi connectivity index (χ1) is 5.54. The second kappa shape index (κ2) is 2.73. The predicted octanol–water partition coefficient (Wildman–Crippen LogP) is 0.349. The van der Waals surface area contributed by atoms with Crippen molar-refractivity contribution in [3.05, 3.63) is 23.3 Å². The fraction of sp³-hybridized carbons (Fsp3) is 0.125. The number of hydrogen-bond acceptors (Lipinski definition) is 3. The predicted molar refractivity (Wildman–Crippen MR) is 42.0 cm³/mol. The molecular weight excluding hydrogens is 158 g/mol. The third-order valence-electron chi connectivity index (χ3n) is 1.62. The van der Waals surface area contributed by atoms with Crippen LogP contribution in [0.2, 0.25) is 0 Å². The molecule has 0 saturated heterocycles. The molecule has 64 valence electrons. The number of carbonyl (C=O) groups is 1. The summed E-state index contributed by atoms with van der Waals surface area (Å²) in [5.41, 5.74) is 5.42.